The van der Waals surface area contributed by atoms with Crippen LogP contribution in [-0.4, -0.2) is 46.0 Å². The Labute approximate surface area is 149 Å². The van der Waals surface area contributed by atoms with Gasteiger partial charge in [-0.15, -0.1) is 14.8 Å². The molecule has 2 heterocycles. The van der Waals surface area contributed by atoms with Gasteiger partial charge in [0.05, 0.1) is 14.2 Å². The normalized spacial score (nSPS) is 11.0. The number of aromatic nitrogens is 5. The Bertz CT molecular complexity index is 1060. The van der Waals surface area contributed by atoms with E-state index in [1.807, 2.05) is 42.5 Å². The number of methoxy groups -OCH3 is 2. The van der Waals surface area contributed by atoms with Crippen LogP contribution in [0.2, 0.25) is 0 Å². The van der Waals surface area contributed by atoms with Gasteiger partial charge in [0.2, 0.25) is 5.65 Å². The Balaban J connectivity index is 1.56. The fourth-order valence-electron chi connectivity index (χ4n) is 2.94. The van der Waals surface area contributed by atoms with Crippen LogP contribution in [0.15, 0.2) is 42.5 Å². The van der Waals surface area contributed by atoms with Crippen molar-refractivity contribution in [1.29, 1.82) is 0 Å². The van der Waals surface area contributed by atoms with Gasteiger partial charge in [-0.1, -0.05) is 30.3 Å². The van der Waals surface area contributed by atoms with Crippen LogP contribution >= 0.6 is 0 Å². The van der Waals surface area contributed by atoms with Crippen LogP contribution in [0.3, 0.4) is 0 Å². The summed E-state index contributed by atoms with van der Waals surface area (Å²) in [6.45, 7) is 0.708. The summed E-state index contributed by atoms with van der Waals surface area (Å²) in [5, 5.41) is 21.5. The molecule has 0 aliphatic heterocycles. The molecule has 0 atom stereocenters. The quantitative estimate of drug-likeness (QED) is 0.571. The van der Waals surface area contributed by atoms with Gasteiger partial charge in [0.1, 0.15) is 0 Å². The maximum Gasteiger partial charge on any atom is 0.207 e. The standard InChI is InChI=1S/C18H18N6O2/c1-25-15-8-7-12(11-16(15)26-2)9-10-19-17-13-5-3-4-6-14(13)18-20-22-23-24(18)21-17/h3-8,11H,9-10H2,1-2H3,(H,19,21). The average molecular weight is 350 g/mol. The topological polar surface area (TPSA) is 86.5 Å². The van der Waals surface area contributed by atoms with E-state index in [1.54, 1.807) is 14.2 Å². The molecule has 0 bridgehead atoms. The van der Waals surface area contributed by atoms with E-state index >= 15 is 0 Å². The van der Waals surface area contributed by atoms with Crippen molar-refractivity contribution in [2.45, 2.75) is 6.42 Å². The molecule has 4 rings (SSSR count). The first-order valence-electron chi connectivity index (χ1n) is 8.22. The number of tetrazole rings is 1. The van der Waals surface area contributed by atoms with Gasteiger partial charge in [0.15, 0.2) is 17.3 Å². The minimum absolute atomic E-state index is 0.644. The smallest absolute Gasteiger partial charge is 0.207 e. The highest BCUT2D eigenvalue weighted by atomic mass is 16.5. The SMILES string of the molecule is COc1ccc(CCNc2nn3nnnc3c3ccccc23)cc1OC. The Morgan fingerprint density at radius 2 is 1.81 bits per heavy atom. The number of nitrogens with zero attached hydrogens (tertiary/aromatic N) is 5. The van der Waals surface area contributed by atoms with Crippen LogP contribution in [0, 0.1) is 0 Å². The van der Waals surface area contributed by atoms with E-state index in [2.05, 4.69) is 25.9 Å². The lowest BCUT2D eigenvalue weighted by Gasteiger charge is -2.11. The molecule has 8 heteroatoms. The molecule has 0 spiro atoms. The molecule has 4 aromatic rings. The van der Waals surface area contributed by atoms with Gasteiger partial charge in [0, 0.05) is 17.3 Å². The number of anilines is 1. The molecular formula is C18H18N6O2. The molecule has 2 aromatic carbocycles. The third kappa shape index (κ3) is 2.85. The Kier molecular flexibility index (Phi) is 4.22. The highest BCUT2D eigenvalue weighted by Crippen LogP contribution is 2.28. The number of hydrogen-bond acceptors (Lipinski definition) is 7. The van der Waals surface area contributed by atoms with Crippen LogP contribution in [-0.2, 0) is 6.42 Å². The predicted octanol–water partition coefficient (Wildman–Crippen LogP) is 2.34. The van der Waals surface area contributed by atoms with Gasteiger partial charge in [-0.05, 0) is 34.5 Å². The Morgan fingerprint density at radius 1 is 1.00 bits per heavy atom. The minimum atomic E-state index is 0.644. The van der Waals surface area contributed by atoms with Crippen LogP contribution < -0.4 is 14.8 Å². The van der Waals surface area contributed by atoms with Crippen LogP contribution in [0.25, 0.3) is 16.4 Å². The largest absolute Gasteiger partial charge is 0.493 e. The molecule has 26 heavy (non-hydrogen) atoms. The third-order valence-corrected chi connectivity index (χ3v) is 4.23. The first-order chi connectivity index (χ1) is 12.8. The van der Waals surface area contributed by atoms with Gasteiger partial charge in [-0.25, -0.2) is 0 Å². The molecule has 0 saturated heterocycles. The molecule has 0 unspecified atom stereocenters. The van der Waals surface area contributed by atoms with Crippen molar-refractivity contribution in [2.75, 3.05) is 26.1 Å². The second-order valence-electron chi connectivity index (χ2n) is 5.75. The molecule has 132 valence electrons. The minimum Gasteiger partial charge on any atom is -0.493 e. The van der Waals surface area contributed by atoms with Gasteiger partial charge in [-0.3, -0.25) is 0 Å². The molecule has 2 aromatic heterocycles. The lowest BCUT2D eigenvalue weighted by atomic mass is 10.1. The summed E-state index contributed by atoms with van der Waals surface area (Å²) < 4.78 is 12.1. The van der Waals surface area contributed by atoms with E-state index < -0.39 is 0 Å². The number of hydrogen-bond donors (Lipinski definition) is 1. The van der Waals surface area contributed by atoms with Gasteiger partial charge >= 0.3 is 0 Å². The maximum absolute atomic E-state index is 5.36. The lowest BCUT2D eigenvalue weighted by molar-refractivity contribution is 0.354. The molecule has 0 aliphatic carbocycles. The van der Waals surface area contributed by atoms with Crippen molar-refractivity contribution < 1.29 is 9.47 Å². The zero-order chi connectivity index (χ0) is 17.9. The van der Waals surface area contributed by atoms with Gasteiger partial charge in [-0.2, -0.15) is 0 Å². The second kappa shape index (κ2) is 6.83. The van der Waals surface area contributed by atoms with Crippen LogP contribution in [0.4, 0.5) is 5.82 Å². The zero-order valence-corrected chi connectivity index (χ0v) is 14.5. The third-order valence-electron chi connectivity index (χ3n) is 4.23. The van der Waals surface area contributed by atoms with E-state index in [1.165, 1.54) is 4.63 Å². The zero-order valence-electron chi connectivity index (χ0n) is 14.5. The molecular weight excluding hydrogens is 332 g/mol. The molecule has 0 fully saturated rings. The first-order valence-corrected chi connectivity index (χ1v) is 8.22. The molecule has 0 aliphatic rings. The van der Waals surface area contributed by atoms with Crippen molar-refractivity contribution in [1.82, 2.24) is 25.3 Å². The first kappa shape index (κ1) is 16.1. The van der Waals surface area contributed by atoms with Crippen molar-refractivity contribution in [2.24, 2.45) is 0 Å². The second-order valence-corrected chi connectivity index (χ2v) is 5.75. The van der Waals surface area contributed by atoms with E-state index in [9.17, 15) is 0 Å². The summed E-state index contributed by atoms with van der Waals surface area (Å²) in [6, 6.07) is 13.9. The summed E-state index contributed by atoms with van der Waals surface area (Å²) in [5.41, 5.74) is 1.79. The van der Waals surface area contributed by atoms with Gasteiger partial charge in [0.25, 0.3) is 0 Å². The molecule has 0 amide bonds. The predicted molar refractivity (Wildman–Crippen MR) is 97.8 cm³/mol. The fourth-order valence-corrected chi connectivity index (χ4v) is 2.94. The number of rotatable bonds is 6. The fraction of sp³-hybridized carbons (Fsp3) is 0.222. The highest BCUT2D eigenvalue weighted by Gasteiger charge is 2.10. The number of nitrogens with one attached hydrogen (secondary N) is 1. The van der Waals surface area contributed by atoms with E-state index in [4.69, 9.17) is 9.47 Å². The van der Waals surface area contributed by atoms with Crippen molar-refractivity contribution >= 4 is 22.2 Å². The monoisotopic (exact) mass is 350 g/mol. The van der Waals surface area contributed by atoms with E-state index in [-0.39, 0.29) is 0 Å². The molecule has 8 nitrogen and oxygen atoms in total. The summed E-state index contributed by atoms with van der Waals surface area (Å²) in [4.78, 5) is 0. The lowest BCUT2D eigenvalue weighted by Crippen LogP contribution is -2.09. The Hall–Kier alpha value is -3.42. The molecule has 0 radical (unpaired) electrons. The van der Waals surface area contributed by atoms with Crippen LogP contribution in [0.1, 0.15) is 5.56 Å². The highest BCUT2D eigenvalue weighted by molar-refractivity contribution is 5.99. The molecule has 1 N–H and O–H groups in total. The summed E-state index contributed by atoms with van der Waals surface area (Å²) >= 11 is 0. The Morgan fingerprint density at radius 3 is 2.62 bits per heavy atom. The van der Waals surface area contributed by atoms with E-state index in [0.717, 1.165) is 40.1 Å². The van der Waals surface area contributed by atoms with Crippen molar-refractivity contribution in [3.63, 3.8) is 0 Å². The summed E-state index contributed by atoms with van der Waals surface area (Å²) in [7, 11) is 3.27. The van der Waals surface area contributed by atoms with Crippen molar-refractivity contribution in [3.05, 3.63) is 48.0 Å². The van der Waals surface area contributed by atoms with E-state index in [0.29, 0.717) is 12.2 Å². The number of ether oxygens (including phenoxy) is 2. The molecule has 0 saturated carbocycles. The number of fused-ring (bicyclic) bond motifs is 3. The summed E-state index contributed by atoms with van der Waals surface area (Å²) in [5.74, 6) is 2.20. The maximum atomic E-state index is 5.36. The van der Waals surface area contributed by atoms with Gasteiger partial charge < -0.3 is 14.8 Å². The number of benzene rings is 2. The average Bonchev–Trinajstić information content (AvgIpc) is 3.16. The van der Waals surface area contributed by atoms with Crippen molar-refractivity contribution in [3.8, 4) is 11.5 Å². The van der Waals surface area contributed by atoms with Crippen LogP contribution in [0.5, 0.6) is 11.5 Å². The summed E-state index contributed by atoms with van der Waals surface area (Å²) in [6.07, 6.45) is 0.810.